The van der Waals surface area contributed by atoms with Crippen molar-refractivity contribution in [2.75, 3.05) is 40.5 Å². The standard InChI is InChI=1S/C19H30N2O3/c1-15(18-8-5-9-21(13-18)10-11-23-2)20-19(22)17-7-4-6-16(12-17)14-24-3/h4,6-7,12,15,18H,5,8-11,13-14H2,1-3H3,(H,20,22). The molecule has 1 heterocycles. The minimum Gasteiger partial charge on any atom is -0.383 e. The predicted octanol–water partition coefficient (Wildman–Crippen LogP) is 2.31. The summed E-state index contributed by atoms with van der Waals surface area (Å²) in [6, 6.07) is 7.79. The molecule has 0 spiro atoms. The van der Waals surface area contributed by atoms with Crippen LogP contribution < -0.4 is 5.32 Å². The van der Waals surface area contributed by atoms with Gasteiger partial charge in [0.05, 0.1) is 13.2 Å². The van der Waals surface area contributed by atoms with Gasteiger partial charge in [-0.15, -0.1) is 0 Å². The molecule has 1 saturated heterocycles. The molecule has 2 unspecified atom stereocenters. The van der Waals surface area contributed by atoms with Gasteiger partial charge in [-0.3, -0.25) is 4.79 Å². The number of likely N-dealkylation sites (tertiary alicyclic amines) is 1. The Morgan fingerprint density at radius 2 is 2.21 bits per heavy atom. The van der Waals surface area contributed by atoms with Crippen molar-refractivity contribution in [1.82, 2.24) is 10.2 Å². The van der Waals surface area contributed by atoms with E-state index in [2.05, 4.69) is 17.1 Å². The minimum atomic E-state index is -0.00512. The smallest absolute Gasteiger partial charge is 0.251 e. The number of rotatable bonds is 8. The van der Waals surface area contributed by atoms with Crippen LogP contribution in [-0.4, -0.2) is 57.3 Å². The first-order chi connectivity index (χ1) is 11.6. The molecule has 1 aromatic rings. The highest BCUT2D eigenvalue weighted by Crippen LogP contribution is 2.20. The van der Waals surface area contributed by atoms with Crippen molar-refractivity contribution in [2.45, 2.75) is 32.4 Å². The van der Waals surface area contributed by atoms with E-state index < -0.39 is 0 Å². The number of methoxy groups -OCH3 is 2. The fourth-order valence-corrected chi connectivity index (χ4v) is 3.30. The predicted molar refractivity (Wildman–Crippen MR) is 95.1 cm³/mol. The van der Waals surface area contributed by atoms with Crippen LogP contribution in [0.15, 0.2) is 24.3 Å². The summed E-state index contributed by atoms with van der Waals surface area (Å²) in [5, 5.41) is 3.17. The lowest BCUT2D eigenvalue weighted by Gasteiger charge is -2.35. The van der Waals surface area contributed by atoms with E-state index in [0.29, 0.717) is 18.1 Å². The quantitative estimate of drug-likeness (QED) is 0.793. The van der Waals surface area contributed by atoms with Gasteiger partial charge in [0, 0.05) is 38.9 Å². The maximum Gasteiger partial charge on any atom is 0.251 e. The highest BCUT2D eigenvalue weighted by atomic mass is 16.5. The van der Waals surface area contributed by atoms with Crippen LogP contribution in [0.1, 0.15) is 35.7 Å². The Morgan fingerprint density at radius 3 is 2.96 bits per heavy atom. The molecule has 1 fully saturated rings. The first-order valence-corrected chi connectivity index (χ1v) is 8.74. The number of carbonyl (C=O) groups is 1. The van der Waals surface area contributed by atoms with E-state index in [-0.39, 0.29) is 11.9 Å². The van der Waals surface area contributed by atoms with Crippen molar-refractivity contribution >= 4 is 5.91 Å². The molecule has 1 amide bonds. The zero-order chi connectivity index (χ0) is 17.4. The minimum absolute atomic E-state index is 0.00512. The van der Waals surface area contributed by atoms with Crippen molar-refractivity contribution < 1.29 is 14.3 Å². The summed E-state index contributed by atoms with van der Waals surface area (Å²) in [5.41, 5.74) is 1.71. The number of ether oxygens (including phenoxy) is 2. The summed E-state index contributed by atoms with van der Waals surface area (Å²) in [6.07, 6.45) is 2.34. The molecule has 0 bridgehead atoms. The van der Waals surface area contributed by atoms with Gasteiger partial charge in [0.1, 0.15) is 0 Å². The summed E-state index contributed by atoms with van der Waals surface area (Å²) < 4.78 is 10.3. The maximum atomic E-state index is 12.5. The molecule has 0 aromatic heterocycles. The zero-order valence-corrected chi connectivity index (χ0v) is 15.1. The van der Waals surface area contributed by atoms with Gasteiger partial charge in [-0.2, -0.15) is 0 Å². The molecule has 2 rings (SSSR count). The van der Waals surface area contributed by atoms with Crippen LogP contribution in [0.2, 0.25) is 0 Å². The third-order valence-corrected chi connectivity index (χ3v) is 4.72. The van der Waals surface area contributed by atoms with E-state index in [0.717, 1.165) is 38.2 Å². The summed E-state index contributed by atoms with van der Waals surface area (Å²) in [4.78, 5) is 15.0. The van der Waals surface area contributed by atoms with Crippen LogP contribution in [0.5, 0.6) is 0 Å². The molecule has 5 heteroatoms. The van der Waals surface area contributed by atoms with E-state index in [4.69, 9.17) is 9.47 Å². The van der Waals surface area contributed by atoms with Crippen molar-refractivity contribution in [3.8, 4) is 0 Å². The molecule has 134 valence electrons. The van der Waals surface area contributed by atoms with Gasteiger partial charge in [-0.25, -0.2) is 0 Å². The summed E-state index contributed by atoms with van der Waals surface area (Å²) in [5.74, 6) is 0.483. The number of amides is 1. The van der Waals surface area contributed by atoms with Crippen LogP contribution in [-0.2, 0) is 16.1 Å². The van der Waals surface area contributed by atoms with Crippen molar-refractivity contribution in [3.63, 3.8) is 0 Å². The highest BCUT2D eigenvalue weighted by Gasteiger charge is 2.25. The molecule has 1 aromatic carbocycles. The fraction of sp³-hybridized carbons (Fsp3) is 0.632. The molecule has 0 saturated carbocycles. The largest absolute Gasteiger partial charge is 0.383 e. The second kappa shape index (κ2) is 9.77. The van der Waals surface area contributed by atoms with E-state index in [9.17, 15) is 4.79 Å². The normalized spacial score (nSPS) is 19.9. The second-order valence-corrected chi connectivity index (χ2v) is 6.59. The van der Waals surface area contributed by atoms with E-state index in [1.54, 1.807) is 14.2 Å². The molecule has 24 heavy (non-hydrogen) atoms. The maximum absolute atomic E-state index is 12.5. The first kappa shape index (κ1) is 18.9. The molecular weight excluding hydrogens is 304 g/mol. The number of nitrogens with zero attached hydrogens (tertiary/aromatic N) is 1. The topological polar surface area (TPSA) is 50.8 Å². The van der Waals surface area contributed by atoms with Crippen LogP contribution in [0.4, 0.5) is 0 Å². The molecule has 5 nitrogen and oxygen atoms in total. The van der Waals surface area contributed by atoms with E-state index in [1.165, 1.54) is 6.42 Å². The number of benzene rings is 1. The number of carbonyl (C=O) groups excluding carboxylic acids is 1. The van der Waals surface area contributed by atoms with Crippen LogP contribution >= 0.6 is 0 Å². The van der Waals surface area contributed by atoms with E-state index >= 15 is 0 Å². The van der Waals surface area contributed by atoms with Gasteiger partial charge in [0.2, 0.25) is 0 Å². The number of hydrogen-bond donors (Lipinski definition) is 1. The third-order valence-electron chi connectivity index (χ3n) is 4.72. The molecule has 2 atom stereocenters. The Bertz CT molecular complexity index is 521. The monoisotopic (exact) mass is 334 g/mol. The Kier molecular flexibility index (Phi) is 7.69. The van der Waals surface area contributed by atoms with Gasteiger partial charge in [-0.1, -0.05) is 12.1 Å². The Morgan fingerprint density at radius 1 is 1.38 bits per heavy atom. The van der Waals surface area contributed by atoms with Gasteiger partial charge in [0.15, 0.2) is 0 Å². The lowest BCUT2D eigenvalue weighted by Crippen LogP contribution is -2.46. The molecule has 0 aliphatic carbocycles. The van der Waals surface area contributed by atoms with Gasteiger partial charge >= 0.3 is 0 Å². The number of hydrogen-bond acceptors (Lipinski definition) is 4. The second-order valence-electron chi connectivity index (χ2n) is 6.59. The van der Waals surface area contributed by atoms with Crippen molar-refractivity contribution in [2.24, 2.45) is 5.92 Å². The van der Waals surface area contributed by atoms with Gasteiger partial charge < -0.3 is 19.7 Å². The molecule has 0 radical (unpaired) electrons. The lowest BCUT2D eigenvalue weighted by molar-refractivity contribution is 0.0854. The average molecular weight is 334 g/mol. The molecular formula is C19H30N2O3. The summed E-state index contributed by atoms with van der Waals surface area (Å²) >= 11 is 0. The lowest BCUT2D eigenvalue weighted by atomic mass is 9.91. The average Bonchev–Trinajstić information content (AvgIpc) is 2.60. The van der Waals surface area contributed by atoms with Crippen LogP contribution in [0.25, 0.3) is 0 Å². The molecule has 1 N–H and O–H groups in total. The molecule has 1 aliphatic heterocycles. The Hall–Kier alpha value is -1.43. The number of piperidine rings is 1. The van der Waals surface area contributed by atoms with Crippen LogP contribution in [0.3, 0.4) is 0 Å². The number of nitrogens with one attached hydrogen (secondary N) is 1. The van der Waals surface area contributed by atoms with E-state index in [1.807, 2.05) is 24.3 Å². The molecule has 1 aliphatic rings. The first-order valence-electron chi connectivity index (χ1n) is 8.74. The third kappa shape index (κ3) is 5.58. The SMILES string of the molecule is COCCN1CCCC(C(C)NC(=O)c2cccc(COC)c2)C1. The van der Waals surface area contributed by atoms with Crippen molar-refractivity contribution in [3.05, 3.63) is 35.4 Å². The van der Waals surface area contributed by atoms with Crippen molar-refractivity contribution in [1.29, 1.82) is 0 Å². The fourth-order valence-electron chi connectivity index (χ4n) is 3.30. The van der Waals surface area contributed by atoms with Crippen LogP contribution in [0, 0.1) is 5.92 Å². The zero-order valence-electron chi connectivity index (χ0n) is 15.1. The Labute approximate surface area is 145 Å². The summed E-state index contributed by atoms with van der Waals surface area (Å²) in [6.45, 7) is 6.51. The summed E-state index contributed by atoms with van der Waals surface area (Å²) in [7, 11) is 3.40. The van der Waals surface area contributed by atoms with Gasteiger partial charge in [-0.05, 0) is 49.9 Å². The van der Waals surface area contributed by atoms with Gasteiger partial charge in [0.25, 0.3) is 5.91 Å². The Balaban J connectivity index is 1.89. The highest BCUT2D eigenvalue weighted by molar-refractivity contribution is 5.94.